The number of aliphatic carboxylic acids is 1. The molecule has 9 heavy (non-hydrogen) atoms. The molecule has 0 aliphatic rings. The molecule has 0 saturated carbocycles. The average molecular weight is 331 g/mol. The van der Waals surface area contributed by atoms with Crippen LogP contribution in [0.2, 0.25) is 0 Å². The van der Waals surface area contributed by atoms with Gasteiger partial charge in [-0.2, -0.15) is 0 Å². The molecular weight excluding hydrogens is 321 g/mol. The molecule has 0 aromatic heterocycles. The average Bonchev–Trinajstić information content (AvgIpc) is 1.66. The summed E-state index contributed by atoms with van der Waals surface area (Å²) in [6.45, 7) is -0.375. The van der Waals surface area contributed by atoms with Crippen molar-refractivity contribution in [3.8, 4) is 0 Å². The van der Waals surface area contributed by atoms with Crippen LogP contribution < -0.4 is 0 Å². The third-order valence-corrected chi connectivity index (χ3v) is 0.461. The fraction of sp³-hybridized carbons (Fsp3) is 0.750. The maximum absolute atomic E-state index is 9.67. The Morgan fingerprint density at radius 1 is 1.56 bits per heavy atom. The summed E-state index contributed by atoms with van der Waals surface area (Å²) >= 11 is 0. The van der Waals surface area contributed by atoms with E-state index in [9.17, 15) is 4.79 Å². The van der Waals surface area contributed by atoms with E-state index < -0.39 is 5.97 Å². The Labute approximate surface area is 72.3 Å². The van der Waals surface area contributed by atoms with Gasteiger partial charge in [-0.3, -0.25) is 0 Å². The molecule has 0 aliphatic carbocycles. The number of carboxylic acids is 1. The van der Waals surface area contributed by atoms with Crippen molar-refractivity contribution in [2.45, 2.75) is 0 Å². The molecule has 4 nitrogen and oxygen atoms in total. The quantitative estimate of drug-likeness (QED) is 0.595. The van der Waals surface area contributed by atoms with Crippen molar-refractivity contribution in [3.63, 3.8) is 0 Å². The number of carbonyl (C=O) groups is 1. The Balaban J connectivity index is 0. The monoisotopic (exact) mass is 331 g/mol. The molecule has 0 heterocycles. The molecule has 0 aliphatic heterocycles. The van der Waals surface area contributed by atoms with E-state index >= 15 is 0 Å². The Kier molecular flexibility index (Phi) is 11.1. The van der Waals surface area contributed by atoms with Gasteiger partial charge in [-0.05, 0) is 0 Å². The Morgan fingerprint density at radius 3 is 2.44 bits per heavy atom. The number of hydrogen-bond acceptors (Lipinski definition) is 3. The van der Waals surface area contributed by atoms with Crippen LogP contribution in [-0.4, -0.2) is 62.6 Å². The van der Waals surface area contributed by atoms with Crippen LogP contribution in [0.1, 0.15) is 0 Å². The first-order valence-corrected chi connectivity index (χ1v) is 2.17. The second-order valence-corrected chi connectivity index (χ2v) is 1.17. The summed E-state index contributed by atoms with van der Waals surface area (Å²) < 4.78 is 4.39. The van der Waals surface area contributed by atoms with Gasteiger partial charge in [0.15, 0.2) is 0 Å². The minimum atomic E-state index is -1.02. The number of aliphatic hydroxyl groups is 1. The van der Waals surface area contributed by atoms with Crippen molar-refractivity contribution < 1.29 is 19.7 Å². The molecule has 2 N–H and O–H groups in total. The van der Waals surface area contributed by atoms with Crippen LogP contribution in [-0.2, 0) is 9.53 Å². The van der Waals surface area contributed by atoms with Crippen molar-refractivity contribution in [3.05, 3.63) is 0 Å². The van der Waals surface area contributed by atoms with Crippen LogP contribution in [0.15, 0.2) is 0 Å². The van der Waals surface area contributed by atoms with Crippen molar-refractivity contribution in [2.75, 3.05) is 19.8 Å². The van der Waals surface area contributed by atoms with E-state index in [2.05, 4.69) is 4.74 Å². The predicted octanol–water partition coefficient (Wildman–Crippen LogP) is -1.84. The van der Waals surface area contributed by atoms with E-state index in [0.717, 1.165) is 0 Å². The van der Waals surface area contributed by atoms with E-state index in [4.69, 9.17) is 10.2 Å². The third kappa shape index (κ3) is 11.7. The summed E-state index contributed by atoms with van der Waals surface area (Å²) in [5, 5.41) is 16.0. The molecule has 0 aromatic rings. The van der Waals surface area contributed by atoms with Gasteiger partial charge in [0.2, 0.25) is 0 Å². The topological polar surface area (TPSA) is 66.8 Å². The molecule has 0 amide bonds. The molecule has 0 radical (unpaired) electrons. The molecule has 5 heteroatoms. The second kappa shape index (κ2) is 8.29. The maximum atomic E-state index is 9.67. The molecule has 56 valence electrons. The van der Waals surface area contributed by atoms with Gasteiger partial charge >= 0.3 is 32.5 Å². The summed E-state index contributed by atoms with van der Waals surface area (Å²) in [5.41, 5.74) is 0. The number of ether oxygens (including phenoxy) is 1. The van der Waals surface area contributed by atoms with Gasteiger partial charge in [-0.15, -0.1) is 0 Å². The molecule has 0 rings (SSSR count). The molecule has 0 saturated heterocycles. The predicted molar refractivity (Wildman–Crippen MR) is 34.1 cm³/mol. The standard InChI is InChI=1S/C4H8O4.Po.2H/c5-1-2-8-3-4(6)7;;;/h5H,1-3H2,(H,6,7);;;. The number of rotatable bonds is 4. The second-order valence-electron chi connectivity index (χ2n) is 1.17. The zero-order chi connectivity index (χ0) is 6.41. The summed E-state index contributed by atoms with van der Waals surface area (Å²) in [7, 11) is 0. The molecular formula is C4H10O4Po. The fourth-order valence-electron chi connectivity index (χ4n) is 0.224. The third-order valence-electron chi connectivity index (χ3n) is 0.461. The molecule has 0 spiro atoms. The van der Waals surface area contributed by atoms with Gasteiger partial charge < -0.3 is 14.9 Å². The van der Waals surface area contributed by atoms with Gasteiger partial charge in [0.05, 0.1) is 13.2 Å². The SMILES string of the molecule is O=C(O)COCCO.[PoH2]. The van der Waals surface area contributed by atoms with E-state index in [1.165, 1.54) is 0 Å². The van der Waals surface area contributed by atoms with Crippen LogP contribution >= 0.6 is 0 Å². The van der Waals surface area contributed by atoms with Crippen molar-refractivity contribution in [1.82, 2.24) is 0 Å². The summed E-state index contributed by atoms with van der Waals surface area (Å²) in [4.78, 5) is 9.67. The minimum absolute atomic E-state index is 0. The summed E-state index contributed by atoms with van der Waals surface area (Å²) in [6.07, 6.45) is 0. The van der Waals surface area contributed by atoms with E-state index in [0.29, 0.717) is 0 Å². The Morgan fingerprint density at radius 2 is 2.11 bits per heavy atom. The van der Waals surface area contributed by atoms with Gasteiger partial charge in [0, 0.05) is 0 Å². The van der Waals surface area contributed by atoms with Crippen LogP contribution in [0.4, 0.5) is 0 Å². The van der Waals surface area contributed by atoms with E-state index in [1.54, 1.807) is 0 Å². The van der Waals surface area contributed by atoms with Gasteiger partial charge in [0.25, 0.3) is 0 Å². The first-order valence-electron chi connectivity index (χ1n) is 2.17. The van der Waals surface area contributed by atoms with Gasteiger partial charge in [-0.1, -0.05) is 0 Å². The van der Waals surface area contributed by atoms with Gasteiger partial charge in [0.1, 0.15) is 6.61 Å². The van der Waals surface area contributed by atoms with Gasteiger partial charge in [-0.25, -0.2) is 4.79 Å². The Hall–Kier alpha value is 0.286. The zero-order valence-corrected chi connectivity index (χ0v) is 8.72. The molecule has 0 fully saturated rings. The fourth-order valence-corrected chi connectivity index (χ4v) is 0.224. The van der Waals surface area contributed by atoms with E-state index in [1.807, 2.05) is 0 Å². The van der Waals surface area contributed by atoms with E-state index in [-0.39, 0.29) is 46.4 Å². The number of hydrogen-bond donors (Lipinski definition) is 2. The normalized spacial score (nSPS) is 8.11. The summed E-state index contributed by atoms with van der Waals surface area (Å²) in [5.74, 6) is -1.02. The van der Waals surface area contributed by atoms with Crippen LogP contribution in [0.3, 0.4) is 0 Å². The number of carboxylic acid groups (broad SMARTS) is 1. The zero-order valence-electron chi connectivity index (χ0n) is 4.83. The van der Waals surface area contributed by atoms with Crippen molar-refractivity contribution in [2.24, 2.45) is 0 Å². The molecule has 0 bridgehead atoms. The molecule has 0 aromatic carbocycles. The first kappa shape index (κ1) is 12.0. The molecule has 0 atom stereocenters. The van der Waals surface area contributed by atoms with Crippen LogP contribution in [0, 0.1) is 0 Å². The first-order chi connectivity index (χ1) is 3.77. The molecule has 0 unspecified atom stereocenters. The van der Waals surface area contributed by atoms with Crippen molar-refractivity contribution >= 4 is 32.5 Å². The van der Waals surface area contributed by atoms with Crippen LogP contribution in [0.25, 0.3) is 0 Å². The Bertz CT molecular complexity index is 75.0. The van der Waals surface area contributed by atoms with Crippen molar-refractivity contribution in [1.29, 1.82) is 0 Å². The number of aliphatic hydroxyl groups excluding tert-OH is 1. The van der Waals surface area contributed by atoms with Crippen LogP contribution in [0.5, 0.6) is 0 Å². The summed E-state index contributed by atoms with van der Waals surface area (Å²) in [6, 6.07) is 0.